The van der Waals surface area contributed by atoms with Crippen LogP contribution in [0.4, 0.5) is 5.69 Å². The lowest BCUT2D eigenvalue weighted by molar-refractivity contribution is -0.127. The van der Waals surface area contributed by atoms with Crippen molar-refractivity contribution in [3.63, 3.8) is 0 Å². The average molecular weight is 294 g/mol. The third-order valence-corrected chi connectivity index (χ3v) is 3.67. The summed E-state index contributed by atoms with van der Waals surface area (Å²) in [5, 5.41) is 5.72. The predicted molar refractivity (Wildman–Crippen MR) is 85.1 cm³/mol. The number of anilines is 1. The van der Waals surface area contributed by atoms with Gasteiger partial charge < -0.3 is 10.6 Å². The molecule has 0 spiro atoms. The Hall–Kier alpha value is -2.62. The van der Waals surface area contributed by atoms with Gasteiger partial charge in [-0.3, -0.25) is 9.59 Å². The topological polar surface area (TPSA) is 58.2 Å². The van der Waals surface area contributed by atoms with E-state index >= 15 is 0 Å². The number of benzene rings is 2. The smallest absolute Gasteiger partial charge is 0.251 e. The van der Waals surface area contributed by atoms with Crippen molar-refractivity contribution < 1.29 is 9.59 Å². The molecule has 22 heavy (non-hydrogen) atoms. The molecule has 1 atom stereocenters. The van der Waals surface area contributed by atoms with Crippen LogP contribution in [0.15, 0.2) is 60.7 Å². The molecular formula is C18H18N2O2. The summed E-state index contributed by atoms with van der Waals surface area (Å²) >= 11 is 0. The molecule has 2 N–H and O–H groups in total. The number of carbonyl (C=O) groups is 2. The predicted octanol–water partition coefficient (Wildman–Crippen LogP) is 2.89. The van der Waals surface area contributed by atoms with Crippen molar-refractivity contribution in [3.05, 3.63) is 66.2 Å². The number of hydrogen-bond acceptors (Lipinski definition) is 2. The van der Waals surface area contributed by atoms with Crippen molar-refractivity contribution >= 4 is 17.5 Å². The van der Waals surface area contributed by atoms with E-state index in [-0.39, 0.29) is 17.7 Å². The van der Waals surface area contributed by atoms with E-state index in [0.29, 0.717) is 5.69 Å². The molecule has 1 aliphatic rings. The first-order valence-electron chi connectivity index (χ1n) is 7.45. The molecule has 2 aromatic rings. The Morgan fingerprint density at radius 2 is 1.50 bits per heavy atom. The standard InChI is InChI=1S/C18H18N2O2/c21-17(14-11-12-14)20-16(13-7-3-1-4-8-13)18(22)19-15-9-5-2-6-10-15/h1-10,14,16H,11-12H2,(H,19,22)(H,20,21). The van der Waals surface area contributed by atoms with E-state index in [1.165, 1.54) is 0 Å². The second-order valence-electron chi connectivity index (χ2n) is 5.48. The van der Waals surface area contributed by atoms with Gasteiger partial charge in [0.05, 0.1) is 0 Å². The van der Waals surface area contributed by atoms with E-state index in [1.54, 1.807) is 0 Å². The average Bonchev–Trinajstić information content (AvgIpc) is 3.39. The van der Waals surface area contributed by atoms with Crippen LogP contribution in [0.2, 0.25) is 0 Å². The number of carbonyl (C=O) groups excluding carboxylic acids is 2. The van der Waals surface area contributed by atoms with Crippen LogP contribution in [-0.2, 0) is 9.59 Å². The number of hydrogen-bond donors (Lipinski definition) is 2. The van der Waals surface area contributed by atoms with Crippen LogP contribution < -0.4 is 10.6 Å². The van der Waals surface area contributed by atoms with E-state index in [4.69, 9.17) is 0 Å². The minimum absolute atomic E-state index is 0.0444. The minimum atomic E-state index is -0.672. The highest BCUT2D eigenvalue weighted by atomic mass is 16.2. The fraction of sp³-hybridized carbons (Fsp3) is 0.222. The quantitative estimate of drug-likeness (QED) is 0.891. The summed E-state index contributed by atoms with van der Waals surface area (Å²) in [7, 11) is 0. The van der Waals surface area contributed by atoms with Gasteiger partial charge in [-0.25, -0.2) is 0 Å². The van der Waals surface area contributed by atoms with Gasteiger partial charge in [-0.05, 0) is 30.5 Å². The molecular weight excluding hydrogens is 276 g/mol. The first-order chi connectivity index (χ1) is 10.7. The lowest BCUT2D eigenvalue weighted by Crippen LogP contribution is -2.37. The molecule has 1 unspecified atom stereocenters. The molecule has 0 bridgehead atoms. The molecule has 1 aliphatic carbocycles. The van der Waals surface area contributed by atoms with Crippen LogP contribution in [0.1, 0.15) is 24.4 Å². The van der Waals surface area contributed by atoms with Crippen molar-refractivity contribution in [1.82, 2.24) is 5.32 Å². The molecule has 3 rings (SSSR count). The van der Waals surface area contributed by atoms with E-state index < -0.39 is 6.04 Å². The molecule has 4 heteroatoms. The highest BCUT2D eigenvalue weighted by molar-refractivity contribution is 5.98. The Kier molecular flexibility index (Phi) is 4.19. The third kappa shape index (κ3) is 3.52. The van der Waals surface area contributed by atoms with Crippen LogP contribution in [0.25, 0.3) is 0 Å². The number of amides is 2. The Morgan fingerprint density at radius 3 is 2.09 bits per heavy atom. The summed E-state index contributed by atoms with van der Waals surface area (Å²) in [4.78, 5) is 24.6. The molecule has 2 aromatic carbocycles. The Labute approximate surface area is 129 Å². The molecule has 4 nitrogen and oxygen atoms in total. The molecule has 2 amide bonds. The molecule has 0 aliphatic heterocycles. The van der Waals surface area contributed by atoms with Crippen molar-refractivity contribution in [1.29, 1.82) is 0 Å². The van der Waals surface area contributed by atoms with E-state index in [0.717, 1.165) is 18.4 Å². The Morgan fingerprint density at radius 1 is 0.909 bits per heavy atom. The summed E-state index contributed by atoms with van der Waals surface area (Å²) < 4.78 is 0. The summed E-state index contributed by atoms with van der Waals surface area (Å²) in [5.74, 6) is -0.209. The second-order valence-corrected chi connectivity index (χ2v) is 5.48. The van der Waals surface area contributed by atoms with Crippen LogP contribution in [0.5, 0.6) is 0 Å². The van der Waals surface area contributed by atoms with Gasteiger partial charge in [0.1, 0.15) is 6.04 Å². The highest BCUT2D eigenvalue weighted by Gasteiger charge is 2.33. The first kappa shape index (κ1) is 14.3. The normalized spacial score (nSPS) is 14.9. The van der Waals surface area contributed by atoms with E-state index in [9.17, 15) is 9.59 Å². The number of nitrogens with one attached hydrogen (secondary N) is 2. The fourth-order valence-corrected chi connectivity index (χ4v) is 2.29. The van der Waals surface area contributed by atoms with E-state index in [1.807, 2.05) is 60.7 Å². The third-order valence-electron chi connectivity index (χ3n) is 3.67. The van der Waals surface area contributed by atoms with Crippen LogP contribution in [0.3, 0.4) is 0 Å². The largest absolute Gasteiger partial charge is 0.340 e. The maximum Gasteiger partial charge on any atom is 0.251 e. The van der Waals surface area contributed by atoms with Gasteiger partial charge in [0, 0.05) is 11.6 Å². The first-order valence-corrected chi connectivity index (χ1v) is 7.45. The van der Waals surface area contributed by atoms with Crippen molar-refractivity contribution in [2.45, 2.75) is 18.9 Å². The lowest BCUT2D eigenvalue weighted by atomic mass is 10.1. The molecule has 1 fully saturated rings. The van der Waals surface area contributed by atoms with Crippen molar-refractivity contribution in [2.24, 2.45) is 5.92 Å². The molecule has 0 radical (unpaired) electrons. The van der Waals surface area contributed by atoms with Crippen LogP contribution in [0, 0.1) is 5.92 Å². The molecule has 0 aromatic heterocycles. The minimum Gasteiger partial charge on any atom is -0.340 e. The summed E-state index contributed by atoms with van der Waals surface area (Å²) in [5.41, 5.74) is 1.50. The number of para-hydroxylation sites is 1. The zero-order valence-corrected chi connectivity index (χ0v) is 12.2. The zero-order valence-electron chi connectivity index (χ0n) is 12.2. The van der Waals surface area contributed by atoms with Gasteiger partial charge >= 0.3 is 0 Å². The maximum atomic E-state index is 12.6. The van der Waals surface area contributed by atoms with Gasteiger partial charge in [-0.1, -0.05) is 48.5 Å². The summed E-state index contributed by atoms with van der Waals surface area (Å²) in [6.45, 7) is 0. The molecule has 0 saturated heterocycles. The lowest BCUT2D eigenvalue weighted by Gasteiger charge is -2.19. The fourth-order valence-electron chi connectivity index (χ4n) is 2.29. The highest BCUT2D eigenvalue weighted by Crippen LogP contribution is 2.30. The molecule has 112 valence electrons. The number of rotatable bonds is 5. The zero-order chi connectivity index (χ0) is 15.4. The van der Waals surface area contributed by atoms with Gasteiger partial charge in [0.2, 0.25) is 5.91 Å². The van der Waals surface area contributed by atoms with E-state index in [2.05, 4.69) is 10.6 Å². The second kappa shape index (κ2) is 6.43. The monoisotopic (exact) mass is 294 g/mol. The van der Waals surface area contributed by atoms with Crippen LogP contribution >= 0.6 is 0 Å². The SMILES string of the molecule is O=C(NC(C(=O)Nc1ccccc1)c1ccccc1)C1CC1. The Balaban J connectivity index is 1.77. The molecule has 1 saturated carbocycles. The van der Waals surface area contributed by atoms with Gasteiger partial charge in [-0.15, -0.1) is 0 Å². The summed E-state index contributed by atoms with van der Waals surface area (Å²) in [6.07, 6.45) is 1.82. The molecule has 0 heterocycles. The van der Waals surface area contributed by atoms with Gasteiger partial charge in [-0.2, -0.15) is 0 Å². The van der Waals surface area contributed by atoms with Gasteiger partial charge in [0.25, 0.3) is 5.91 Å². The Bertz CT molecular complexity index is 651. The van der Waals surface area contributed by atoms with Crippen molar-refractivity contribution in [3.8, 4) is 0 Å². The summed E-state index contributed by atoms with van der Waals surface area (Å²) in [6, 6.07) is 17.9. The van der Waals surface area contributed by atoms with Crippen molar-refractivity contribution in [2.75, 3.05) is 5.32 Å². The maximum absolute atomic E-state index is 12.6. The van der Waals surface area contributed by atoms with Gasteiger partial charge in [0.15, 0.2) is 0 Å². The van der Waals surface area contributed by atoms with Crippen LogP contribution in [-0.4, -0.2) is 11.8 Å².